The van der Waals surface area contributed by atoms with Crippen LogP contribution in [-0.2, 0) is 6.42 Å². The molecule has 0 saturated heterocycles. The number of rotatable bonds is 6. The van der Waals surface area contributed by atoms with Crippen molar-refractivity contribution in [1.82, 2.24) is 5.32 Å². The number of ether oxygens (including phenoxy) is 1. The maximum Gasteiger partial charge on any atom is 0.126 e. The van der Waals surface area contributed by atoms with E-state index in [4.69, 9.17) is 10.5 Å². The third-order valence-corrected chi connectivity index (χ3v) is 5.14. The molecule has 140 valence electrons. The fraction of sp³-hybridized carbons (Fsp3) is 0.368. The van der Waals surface area contributed by atoms with Gasteiger partial charge in [0.15, 0.2) is 0 Å². The van der Waals surface area contributed by atoms with Crippen LogP contribution in [0.25, 0.3) is 0 Å². The Morgan fingerprint density at radius 2 is 1.96 bits per heavy atom. The molecule has 3 atom stereocenters. The van der Waals surface area contributed by atoms with Crippen LogP contribution in [-0.4, -0.2) is 30.4 Å². The van der Waals surface area contributed by atoms with Gasteiger partial charge in [0.05, 0.1) is 12.7 Å². The van der Waals surface area contributed by atoms with Crippen LogP contribution in [0.2, 0.25) is 0 Å². The highest BCUT2D eigenvalue weighted by atomic mass is 127. The molecule has 0 saturated carbocycles. The molecule has 0 amide bonds. The molecule has 3 rings (SSSR count). The van der Waals surface area contributed by atoms with Crippen LogP contribution in [0.3, 0.4) is 0 Å². The Kier molecular flexibility index (Phi) is 6.44. The molecule has 0 radical (unpaired) electrons. The summed E-state index contributed by atoms with van der Waals surface area (Å²) < 4.78 is 33.3. The summed E-state index contributed by atoms with van der Waals surface area (Å²) in [6.07, 6.45) is 0.152. The average molecular weight is 474 g/mol. The van der Waals surface area contributed by atoms with Crippen molar-refractivity contribution < 1.29 is 18.6 Å². The van der Waals surface area contributed by atoms with Gasteiger partial charge in [-0.3, -0.25) is 0 Å². The summed E-state index contributed by atoms with van der Waals surface area (Å²) in [6, 6.07) is 8.74. The molecule has 2 aromatic carbocycles. The smallest absolute Gasteiger partial charge is 0.126 e. The Balaban J connectivity index is 1.59. The van der Waals surface area contributed by atoms with Crippen molar-refractivity contribution in [1.29, 1.82) is 0 Å². The molecule has 26 heavy (non-hydrogen) atoms. The highest BCUT2D eigenvalue weighted by Gasteiger charge is 2.23. The first-order valence-corrected chi connectivity index (χ1v) is 9.54. The van der Waals surface area contributed by atoms with Crippen molar-refractivity contribution in [3.63, 3.8) is 0 Å². The first-order chi connectivity index (χ1) is 12.4. The Labute approximate surface area is 164 Å². The highest BCUT2D eigenvalue weighted by molar-refractivity contribution is 14.1. The van der Waals surface area contributed by atoms with E-state index >= 15 is 0 Å². The van der Waals surface area contributed by atoms with Crippen LogP contribution in [0.4, 0.5) is 8.78 Å². The maximum atomic E-state index is 13.3. The van der Waals surface area contributed by atoms with E-state index in [0.29, 0.717) is 12.2 Å². The van der Waals surface area contributed by atoms with Gasteiger partial charge in [0, 0.05) is 40.2 Å². The van der Waals surface area contributed by atoms with Crippen molar-refractivity contribution in [2.24, 2.45) is 5.73 Å². The summed E-state index contributed by atoms with van der Waals surface area (Å²) in [5.74, 6) is -0.440. The Morgan fingerprint density at radius 1 is 1.23 bits per heavy atom. The molecule has 1 heterocycles. The number of nitrogens with two attached hydrogens (primary N) is 1. The molecule has 4 N–H and O–H groups in total. The summed E-state index contributed by atoms with van der Waals surface area (Å²) in [6.45, 7) is 0.893. The molecule has 0 bridgehead atoms. The minimum atomic E-state index is -0.838. The quantitative estimate of drug-likeness (QED) is 0.564. The standard InChI is InChI=1S/C19H21F2IN2O2/c20-12-5-11(6-13(21)8-12)7-16(23)18(25)10-24-17-3-4-26-19-2-1-14(22)9-15(17)19/h1-2,5-6,8-9,16-18,24-25H,3-4,7,10,23H2/t16-,17-,18+/m0/s1. The highest BCUT2D eigenvalue weighted by Crippen LogP contribution is 2.33. The van der Waals surface area contributed by atoms with Crippen LogP contribution < -0.4 is 15.8 Å². The lowest BCUT2D eigenvalue weighted by Crippen LogP contribution is -2.44. The summed E-state index contributed by atoms with van der Waals surface area (Å²) in [5.41, 5.74) is 7.52. The lowest BCUT2D eigenvalue weighted by atomic mass is 9.98. The number of fused-ring (bicyclic) bond motifs is 1. The lowest BCUT2D eigenvalue weighted by Gasteiger charge is -2.29. The van der Waals surface area contributed by atoms with Crippen molar-refractivity contribution in [3.8, 4) is 5.75 Å². The zero-order chi connectivity index (χ0) is 18.7. The summed E-state index contributed by atoms with van der Waals surface area (Å²) in [5, 5.41) is 13.7. The van der Waals surface area contributed by atoms with Crippen molar-refractivity contribution >= 4 is 22.6 Å². The van der Waals surface area contributed by atoms with Crippen molar-refractivity contribution in [3.05, 3.63) is 62.7 Å². The van der Waals surface area contributed by atoms with Crippen LogP contribution in [0, 0.1) is 15.2 Å². The van der Waals surface area contributed by atoms with E-state index in [0.717, 1.165) is 27.4 Å². The number of halogens is 3. The van der Waals surface area contributed by atoms with Gasteiger partial charge in [0.25, 0.3) is 0 Å². The Hall–Kier alpha value is -1.29. The second kappa shape index (κ2) is 8.60. The van der Waals surface area contributed by atoms with Gasteiger partial charge in [-0.2, -0.15) is 0 Å². The van der Waals surface area contributed by atoms with Gasteiger partial charge < -0.3 is 20.9 Å². The van der Waals surface area contributed by atoms with Crippen LogP contribution >= 0.6 is 22.6 Å². The number of aliphatic hydroxyl groups excluding tert-OH is 1. The molecule has 2 aromatic rings. The van der Waals surface area contributed by atoms with Gasteiger partial charge in [0.2, 0.25) is 0 Å². The van der Waals surface area contributed by atoms with Gasteiger partial charge in [-0.1, -0.05) is 0 Å². The zero-order valence-corrected chi connectivity index (χ0v) is 16.2. The number of hydrogen-bond acceptors (Lipinski definition) is 4. The van der Waals surface area contributed by atoms with Crippen molar-refractivity contribution in [2.75, 3.05) is 13.2 Å². The molecule has 1 aliphatic rings. The SMILES string of the molecule is N[C@@H](Cc1cc(F)cc(F)c1)[C@H](O)CN[C@H]1CCOc2ccc(I)cc21. The van der Waals surface area contributed by atoms with Gasteiger partial charge >= 0.3 is 0 Å². The van der Waals surface area contributed by atoms with E-state index in [9.17, 15) is 13.9 Å². The number of benzene rings is 2. The van der Waals surface area contributed by atoms with E-state index < -0.39 is 23.8 Å². The minimum Gasteiger partial charge on any atom is -0.493 e. The fourth-order valence-electron chi connectivity index (χ4n) is 3.13. The lowest BCUT2D eigenvalue weighted by molar-refractivity contribution is 0.133. The number of hydrogen-bond donors (Lipinski definition) is 3. The number of aliphatic hydroxyl groups is 1. The molecular weight excluding hydrogens is 453 g/mol. The topological polar surface area (TPSA) is 67.5 Å². The van der Waals surface area contributed by atoms with Crippen LogP contribution in [0.5, 0.6) is 5.75 Å². The van der Waals surface area contributed by atoms with E-state index in [1.165, 1.54) is 12.1 Å². The summed E-state index contributed by atoms with van der Waals surface area (Å²) >= 11 is 2.25. The first-order valence-electron chi connectivity index (χ1n) is 8.46. The Morgan fingerprint density at radius 3 is 2.69 bits per heavy atom. The summed E-state index contributed by atoms with van der Waals surface area (Å²) in [7, 11) is 0. The zero-order valence-electron chi connectivity index (χ0n) is 14.1. The van der Waals surface area contributed by atoms with Crippen LogP contribution in [0.15, 0.2) is 36.4 Å². The molecule has 0 aliphatic carbocycles. The van der Waals surface area contributed by atoms with Crippen LogP contribution in [0.1, 0.15) is 23.6 Å². The average Bonchev–Trinajstić information content (AvgIpc) is 2.58. The third kappa shape index (κ3) is 4.91. The molecule has 7 heteroatoms. The molecule has 0 fully saturated rings. The maximum absolute atomic E-state index is 13.3. The van der Waals surface area contributed by atoms with Gasteiger partial charge in [0.1, 0.15) is 17.4 Å². The minimum absolute atomic E-state index is 0.0712. The molecule has 1 aliphatic heterocycles. The molecular formula is C19H21F2IN2O2. The van der Waals surface area contributed by atoms with E-state index in [-0.39, 0.29) is 19.0 Å². The van der Waals surface area contributed by atoms with Gasteiger partial charge in [-0.15, -0.1) is 0 Å². The molecule has 0 unspecified atom stereocenters. The fourth-order valence-corrected chi connectivity index (χ4v) is 3.64. The molecule has 0 spiro atoms. The van der Waals surface area contributed by atoms with Crippen molar-refractivity contribution in [2.45, 2.75) is 31.0 Å². The second-order valence-corrected chi connectivity index (χ2v) is 7.74. The number of nitrogens with one attached hydrogen (secondary N) is 1. The first kappa shape index (κ1) is 19.5. The molecule has 0 aromatic heterocycles. The predicted octanol–water partition coefficient (Wildman–Crippen LogP) is 2.91. The monoisotopic (exact) mass is 474 g/mol. The summed E-state index contributed by atoms with van der Waals surface area (Å²) in [4.78, 5) is 0. The second-order valence-electron chi connectivity index (χ2n) is 6.49. The largest absolute Gasteiger partial charge is 0.493 e. The normalized spacial score (nSPS) is 18.7. The predicted molar refractivity (Wildman–Crippen MR) is 104 cm³/mol. The van der Waals surface area contributed by atoms with Gasteiger partial charge in [-0.25, -0.2) is 8.78 Å². The van der Waals surface area contributed by atoms with Gasteiger partial charge in [-0.05, 0) is 64.9 Å². The third-order valence-electron chi connectivity index (χ3n) is 4.47. The van der Waals surface area contributed by atoms with E-state index in [2.05, 4.69) is 34.0 Å². The van der Waals surface area contributed by atoms with E-state index in [1.54, 1.807) is 0 Å². The molecule has 4 nitrogen and oxygen atoms in total. The van der Waals surface area contributed by atoms with E-state index in [1.807, 2.05) is 12.1 Å². The Bertz CT molecular complexity index is 755.